The van der Waals surface area contributed by atoms with Crippen molar-refractivity contribution in [2.24, 2.45) is 46.2 Å². The number of aromatic hydroxyl groups is 1. The number of hydrogen-bond donors (Lipinski definition) is 8. The predicted molar refractivity (Wildman–Crippen MR) is 169 cm³/mol. The van der Waals surface area contributed by atoms with Gasteiger partial charge in [0.2, 0.25) is 11.0 Å². The van der Waals surface area contributed by atoms with Crippen molar-refractivity contribution in [2.75, 3.05) is 11.6 Å². The number of aliphatic hydroxyl groups excluding tert-OH is 3. The van der Waals surface area contributed by atoms with E-state index in [1.807, 2.05) is 0 Å². The first-order valence-corrected chi connectivity index (χ1v) is 16.5. The lowest BCUT2D eigenvalue weighted by molar-refractivity contribution is -0.306. The van der Waals surface area contributed by atoms with Gasteiger partial charge in [0.25, 0.3) is 0 Å². The lowest BCUT2D eigenvalue weighted by Gasteiger charge is -2.69. The van der Waals surface area contributed by atoms with Crippen LogP contribution in [0.2, 0.25) is 0 Å². The van der Waals surface area contributed by atoms with Gasteiger partial charge < -0.3 is 41.9 Å². The highest BCUT2D eigenvalue weighted by molar-refractivity contribution is 8.13. The van der Waals surface area contributed by atoms with Gasteiger partial charge in [-0.2, -0.15) is 0 Å². The van der Waals surface area contributed by atoms with E-state index >= 15 is 0 Å². The molecule has 14 heteroatoms. The smallest absolute Gasteiger partial charge is 0.319 e. The Morgan fingerprint density at radius 3 is 2.13 bits per heavy atom. The maximum atomic E-state index is 14.4. The third kappa shape index (κ3) is 4.62. The first kappa shape index (κ1) is 35.8. The highest BCUT2D eigenvalue weighted by Crippen LogP contribution is 2.68. The van der Waals surface area contributed by atoms with Crippen LogP contribution in [0.5, 0.6) is 5.75 Å². The van der Waals surface area contributed by atoms with Crippen molar-refractivity contribution in [1.82, 2.24) is 5.32 Å². The lowest BCUT2D eigenvalue weighted by atomic mass is 9.36. The van der Waals surface area contributed by atoms with Gasteiger partial charge >= 0.3 is 6.03 Å². The Labute approximate surface area is 271 Å². The molecule has 0 heterocycles. The number of hydrogen-bond acceptors (Lipinski definition) is 11. The standard InChI is InChI=1S/C32H45N3O10S/c1-11(2)18-23(38)17(26(33)41)24(39)32(45)25(40)19-22(37)16-14(13(5)30(19,6)28(43)31(18,32)7)9-10-15(21(16)36)34-29(44)35-20(12(3)4)27(42)46-8/h9-13,17-20,23,25,28,36,38,40,43,45H,1-8H3,(H2,33,41)(H2,34,35,44)/t13-,17-,18+,19-,20?,23?,25?,28-,30+,31+,32+/m1/s1. The van der Waals surface area contributed by atoms with Gasteiger partial charge in [-0.15, -0.1) is 0 Å². The lowest BCUT2D eigenvalue weighted by Crippen LogP contribution is -2.83. The Morgan fingerprint density at radius 1 is 1.04 bits per heavy atom. The van der Waals surface area contributed by atoms with Crippen LogP contribution < -0.4 is 16.4 Å². The molecule has 3 unspecified atom stereocenters. The molecule has 0 aromatic heterocycles. The van der Waals surface area contributed by atoms with E-state index in [2.05, 4.69) is 10.6 Å². The summed E-state index contributed by atoms with van der Waals surface area (Å²) < 4.78 is 0. The van der Waals surface area contributed by atoms with E-state index in [1.54, 1.807) is 47.8 Å². The quantitative estimate of drug-likeness (QED) is 0.159. The van der Waals surface area contributed by atoms with Crippen LogP contribution in [0.4, 0.5) is 10.5 Å². The number of primary amides is 1. The summed E-state index contributed by atoms with van der Waals surface area (Å²) in [6.07, 6.45) is -3.99. The van der Waals surface area contributed by atoms with Crippen LogP contribution in [0.1, 0.15) is 70.3 Å². The van der Waals surface area contributed by atoms with Gasteiger partial charge in [0.15, 0.2) is 17.2 Å². The second kappa shape index (κ2) is 11.9. The van der Waals surface area contributed by atoms with Crippen LogP contribution in [0.25, 0.3) is 0 Å². The normalized spacial score (nSPS) is 37.7. The highest BCUT2D eigenvalue weighted by atomic mass is 32.2. The Balaban J connectivity index is 1.86. The molecule has 254 valence electrons. The molecule has 3 aliphatic rings. The summed E-state index contributed by atoms with van der Waals surface area (Å²) in [4.78, 5) is 65.9. The molecule has 1 aromatic rings. The number of benzene rings is 1. The molecule has 2 fully saturated rings. The number of anilines is 1. The number of nitrogens with one attached hydrogen (secondary N) is 2. The molecule has 1 aromatic carbocycles. The van der Waals surface area contributed by atoms with Crippen molar-refractivity contribution >= 4 is 46.1 Å². The van der Waals surface area contributed by atoms with Crippen LogP contribution in [0, 0.1) is 40.4 Å². The number of aliphatic hydroxyl groups is 4. The molecule has 0 radical (unpaired) electrons. The van der Waals surface area contributed by atoms with E-state index < -0.39 is 99.6 Å². The molecule has 4 rings (SSSR count). The third-order valence-corrected chi connectivity index (χ3v) is 11.9. The largest absolute Gasteiger partial charge is 0.505 e. The Morgan fingerprint density at radius 2 is 1.63 bits per heavy atom. The van der Waals surface area contributed by atoms with E-state index in [4.69, 9.17) is 5.73 Å². The topological polar surface area (TPSA) is 237 Å². The van der Waals surface area contributed by atoms with Crippen molar-refractivity contribution in [2.45, 2.75) is 84.3 Å². The Bertz CT molecular complexity index is 1480. The monoisotopic (exact) mass is 663 g/mol. The molecule has 13 nitrogen and oxygen atoms in total. The van der Waals surface area contributed by atoms with Gasteiger partial charge in [-0.05, 0) is 41.6 Å². The highest BCUT2D eigenvalue weighted by Gasteiger charge is 2.80. The van der Waals surface area contributed by atoms with Crippen LogP contribution in [0.15, 0.2) is 12.1 Å². The zero-order valence-corrected chi connectivity index (χ0v) is 28.0. The van der Waals surface area contributed by atoms with Crippen molar-refractivity contribution in [3.63, 3.8) is 0 Å². The molecular formula is C32H45N3O10S. The number of carbonyl (C=O) groups is 5. The number of amides is 3. The maximum absolute atomic E-state index is 14.4. The molecule has 46 heavy (non-hydrogen) atoms. The van der Waals surface area contributed by atoms with Gasteiger partial charge in [-0.25, -0.2) is 4.79 Å². The van der Waals surface area contributed by atoms with E-state index in [-0.39, 0.29) is 27.8 Å². The molecule has 0 bridgehead atoms. The number of carbonyl (C=O) groups excluding carboxylic acids is 5. The maximum Gasteiger partial charge on any atom is 0.319 e. The number of urea groups is 1. The molecule has 3 aliphatic carbocycles. The molecule has 0 spiro atoms. The van der Waals surface area contributed by atoms with E-state index in [0.29, 0.717) is 0 Å². The predicted octanol–water partition coefficient (Wildman–Crippen LogP) is 1.14. The van der Waals surface area contributed by atoms with Gasteiger partial charge in [0.05, 0.1) is 29.4 Å². The summed E-state index contributed by atoms with van der Waals surface area (Å²) in [5.41, 5.74) is -1.11. The number of thioether (sulfide) groups is 1. The number of phenolic OH excluding ortho intramolecular Hbond substituents is 1. The Kier molecular flexibility index (Phi) is 9.25. The molecule has 3 amide bonds. The molecule has 0 saturated heterocycles. The first-order chi connectivity index (χ1) is 21.2. The summed E-state index contributed by atoms with van der Waals surface area (Å²) in [5, 5.41) is 63.9. The average Bonchev–Trinajstić information content (AvgIpc) is 2.96. The number of rotatable bonds is 6. The fourth-order valence-corrected chi connectivity index (χ4v) is 9.37. The number of nitrogens with two attached hydrogens (primary N) is 1. The number of ketones is 2. The van der Waals surface area contributed by atoms with E-state index in [9.17, 15) is 49.5 Å². The van der Waals surface area contributed by atoms with Gasteiger partial charge in [-0.1, -0.05) is 66.3 Å². The fraction of sp³-hybridized carbons (Fsp3) is 0.656. The minimum Gasteiger partial charge on any atom is -0.505 e. The molecule has 2 saturated carbocycles. The second-order valence-electron chi connectivity index (χ2n) is 14.1. The van der Waals surface area contributed by atoms with Crippen LogP contribution >= 0.6 is 11.8 Å². The van der Waals surface area contributed by atoms with Crippen molar-refractivity contribution < 1.29 is 49.5 Å². The van der Waals surface area contributed by atoms with Gasteiger partial charge in [-0.3, -0.25) is 19.2 Å². The summed E-state index contributed by atoms with van der Waals surface area (Å²) in [6, 6.07) is 1.21. The SMILES string of the molecule is CSC(=O)C(NC(=O)Nc1ccc2c(c1O)C(=O)[C@@H]1C(O)[C@@]3(O)C(=O)[C@H](C(N)=O)C(O)[C@H](C(C)C)[C@@]3(C)[C@H](O)[C@@]1(C)[C@@H]2C)C(C)C. The number of phenols is 1. The second-order valence-corrected chi connectivity index (χ2v) is 14.9. The number of Topliss-reactive ketones (excluding diaryl/α,β-unsaturated/α-hetero) is 2. The summed E-state index contributed by atoms with van der Waals surface area (Å²) in [6.45, 7) is 11.4. The first-order valence-electron chi connectivity index (χ1n) is 15.3. The van der Waals surface area contributed by atoms with Crippen LogP contribution in [-0.2, 0) is 14.4 Å². The van der Waals surface area contributed by atoms with E-state index in [1.165, 1.54) is 19.1 Å². The zero-order chi connectivity index (χ0) is 35.0. The van der Waals surface area contributed by atoms with Crippen LogP contribution in [0.3, 0.4) is 0 Å². The minimum absolute atomic E-state index is 0.181. The minimum atomic E-state index is -2.90. The molecular weight excluding hydrogens is 618 g/mol. The molecule has 11 atom stereocenters. The number of fused-ring (bicyclic) bond motifs is 3. The van der Waals surface area contributed by atoms with Crippen molar-refractivity contribution in [1.29, 1.82) is 0 Å². The van der Waals surface area contributed by atoms with E-state index in [0.717, 1.165) is 11.8 Å². The van der Waals surface area contributed by atoms with Gasteiger partial charge in [0.1, 0.15) is 23.8 Å². The van der Waals surface area contributed by atoms with Crippen molar-refractivity contribution in [3.05, 3.63) is 23.3 Å². The zero-order valence-electron chi connectivity index (χ0n) is 27.2. The summed E-state index contributed by atoms with van der Waals surface area (Å²) in [7, 11) is 0. The average molecular weight is 664 g/mol. The molecule has 0 aliphatic heterocycles. The Hall–Kier alpha value is -3.04. The fourth-order valence-electron chi connectivity index (χ4n) is 8.79. The summed E-state index contributed by atoms with van der Waals surface area (Å²) in [5.74, 6) is -10.4. The molecule has 9 N–H and O–H groups in total. The van der Waals surface area contributed by atoms with Crippen LogP contribution in [-0.4, -0.2) is 90.4 Å². The summed E-state index contributed by atoms with van der Waals surface area (Å²) >= 11 is 0.949. The third-order valence-electron chi connectivity index (χ3n) is 11.3. The van der Waals surface area contributed by atoms with Gasteiger partial charge in [0, 0.05) is 10.8 Å². The van der Waals surface area contributed by atoms with Crippen molar-refractivity contribution in [3.8, 4) is 5.75 Å².